The topological polar surface area (TPSA) is 103 Å². The second kappa shape index (κ2) is 7.12. The monoisotopic (exact) mass is 400 g/mol. The minimum Gasteiger partial charge on any atom is -0.446 e. The largest absolute Gasteiger partial charge is 0.446 e. The highest BCUT2D eigenvalue weighted by atomic mass is 16.6. The highest BCUT2D eigenvalue weighted by Crippen LogP contribution is 2.43. The highest BCUT2D eigenvalue weighted by Gasteiger charge is 2.42. The maximum absolute atomic E-state index is 12.3. The van der Waals surface area contributed by atoms with Gasteiger partial charge in [0.1, 0.15) is 18.1 Å². The van der Waals surface area contributed by atoms with Crippen molar-refractivity contribution < 1.29 is 14.3 Å². The molecule has 1 saturated carbocycles. The molecule has 1 aliphatic carbocycles. The first-order valence-corrected chi connectivity index (χ1v) is 10.5. The first-order chi connectivity index (χ1) is 14.1. The van der Waals surface area contributed by atoms with E-state index in [1.807, 2.05) is 6.20 Å². The summed E-state index contributed by atoms with van der Waals surface area (Å²) in [6.45, 7) is 6.24. The van der Waals surface area contributed by atoms with E-state index in [0.29, 0.717) is 25.7 Å². The molecule has 2 N–H and O–H groups in total. The summed E-state index contributed by atoms with van der Waals surface area (Å²) in [5.74, 6) is 2.40. The zero-order valence-corrected chi connectivity index (χ0v) is 16.9. The highest BCUT2D eigenvalue weighted by molar-refractivity contribution is 5.76. The third kappa shape index (κ3) is 3.31. The van der Waals surface area contributed by atoms with Crippen LogP contribution in [-0.4, -0.2) is 59.1 Å². The molecule has 1 saturated heterocycles. The lowest BCUT2D eigenvalue weighted by atomic mass is 9.89. The molecule has 29 heavy (non-hydrogen) atoms. The molecule has 1 aromatic rings. The number of hydrogen-bond donors (Lipinski definition) is 2. The second-order valence-electron chi connectivity index (χ2n) is 8.96. The second-order valence-corrected chi connectivity index (χ2v) is 8.96. The van der Waals surface area contributed by atoms with Crippen LogP contribution in [0, 0.1) is 11.3 Å². The van der Waals surface area contributed by atoms with Crippen LogP contribution in [0.3, 0.4) is 0 Å². The number of aliphatic imine (C=N–C) groups is 1. The molecule has 2 fully saturated rings. The number of hydrogen-bond acceptors (Lipinski definition) is 7. The SMILES string of the molecule is CC[C@@H]1C[C@H](OC(=O)NCC2(C)COC2)C[C@@H]1c1nnc2n1C1C=CNC1N=C2. The Kier molecular flexibility index (Phi) is 4.57. The van der Waals surface area contributed by atoms with Crippen molar-refractivity contribution >= 4 is 12.3 Å². The number of carbonyl (C=O) groups excluding carboxylic acids is 1. The van der Waals surface area contributed by atoms with E-state index in [-0.39, 0.29) is 35.7 Å². The number of nitrogens with one attached hydrogen (secondary N) is 2. The van der Waals surface area contributed by atoms with Crippen molar-refractivity contribution in [1.29, 1.82) is 0 Å². The molecule has 5 atom stereocenters. The Labute approximate surface area is 169 Å². The van der Waals surface area contributed by atoms with Crippen LogP contribution >= 0.6 is 0 Å². The number of ether oxygens (including phenoxy) is 2. The summed E-state index contributed by atoms with van der Waals surface area (Å²) in [5, 5.41) is 15.1. The van der Waals surface area contributed by atoms with Crippen LogP contribution in [0.25, 0.3) is 0 Å². The number of aromatic nitrogens is 3. The molecule has 9 nitrogen and oxygen atoms in total. The van der Waals surface area contributed by atoms with Crippen LogP contribution in [0.2, 0.25) is 0 Å². The summed E-state index contributed by atoms with van der Waals surface area (Å²) >= 11 is 0. The van der Waals surface area contributed by atoms with Gasteiger partial charge in [0.25, 0.3) is 0 Å². The lowest BCUT2D eigenvalue weighted by molar-refractivity contribution is -0.0985. The van der Waals surface area contributed by atoms with Gasteiger partial charge in [0.15, 0.2) is 5.82 Å². The van der Waals surface area contributed by atoms with E-state index in [2.05, 4.69) is 50.3 Å². The minimum atomic E-state index is -0.336. The fourth-order valence-corrected chi connectivity index (χ4v) is 4.89. The fourth-order valence-electron chi connectivity index (χ4n) is 4.89. The predicted molar refractivity (Wildman–Crippen MR) is 106 cm³/mol. The maximum atomic E-state index is 12.3. The van der Waals surface area contributed by atoms with E-state index in [1.165, 1.54) is 0 Å². The number of fused-ring (bicyclic) bond motifs is 3. The lowest BCUT2D eigenvalue weighted by Crippen LogP contribution is -2.49. The number of rotatable bonds is 5. The molecule has 1 aromatic heterocycles. The Morgan fingerprint density at radius 3 is 3.03 bits per heavy atom. The number of carbonyl (C=O) groups is 1. The Morgan fingerprint density at radius 1 is 1.41 bits per heavy atom. The van der Waals surface area contributed by atoms with E-state index in [9.17, 15) is 4.79 Å². The first-order valence-electron chi connectivity index (χ1n) is 10.5. The molecule has 3 aliphatic heterocycles. The smallest absolute Gasteiger partial charge is 0.407 e. The molecule has 1 amide bonds. The average molecular weight is 400 g/mol. The minimum absolute atomic E-state index is 0.00778. The van der Waals surface area contributed by atoms with Crippen LogP contribution in [0.5, 0.6) is 0 Å². The zero-order valence-electron chi connectivity index (χ0n) is 16.9. The molecule has 9 heteroatoms. The molecular formula is C20H28N6O3. The van der Waals surface area contributed by atoms with Gasteiger partial charge in [-0.3, -0.25) is 9.56 Å². The Bertz CT molecular complexity index is 845. The maximum Gasteiger partial charge on any atom is 0.407 e. The quantitative estimate of drug-likeness (QED) is 0.780. The van der Waals surface area contributed by atoms with Crippen LogP contribution < -0.4 is 10.6 Å². The van der Waals surface area contributed by atoms with Crippen molar-refractivity contribution in [1.82, 2.24) is 25.4 Å². The van der Waals surface area contributed by atoms with Crippen molar-refractivity contribution in [2.75, 3.05) is 19.8 Å². The summed E-state index contributed by atoms with van der Waals surface area (Å²) in [6, 6.07) is 0.103. The van der Waals surface area contributed by atoms with E-state index in [4.69, 9.17) is 9.47 Å². The predicted octanol–water partition coefficient (Wildman–Crippen LogP) is 1.73. The van der Waals surface area contributed by atoms with Gasteiger partial charge in [0, 0.05) is 17.9 Å². The third-order valence-corrected chi connectivity index (χ3v) is 6.62. The fraction of sp³-hybridized carbons (Fsp3) is 0.700. The normalized spacial score (nSPS) is 33.5. The summed E-state index contributed by atoms with van der Waals surface area (Å²) < 4.78 is 13.2. The molecule has 0 bridgehead atoms. The molecule has 5 rings (SSSR count). The van der Waals surface area contributed by atoms with Gasteiger partial charge in [0.2, 0.25) is 0 Å². The lowest BCUT2D eigenvalue weighted by Gasteiger charge is -2.37. The average Bonchev–Trinajstić information content (AvgIpc) is 3.40. The van der Waals surface area contributed by atoms with E-state index in [0.717, 1.165) is 30.9 Å². The molecule has 0 aromatic carbocycles. The van der Waals surface area contributed by atoms with Gasteiger partial charge in [-0.2, -0.15) is 0 Å². The molecule has 2 unspecified atom stereocenters. The molecular weight excluding hydrogens is 372 g/mol. The molecule has 4 aliphatic rings. The van der Waals surface area contributed by atoms with Crippen molar-refractivity contribution in [3.63, 3.8) is 0 Å². The van der Waals surface area contributed by atoms with E-state index < -0.39 is 0 Å². The van der Waals surface area contributed by atoms with Gasteiger partial charge in [-0.25, -0.2) is 4.79 Å². The van der Waals surface area contributed by atoms with E-state index in [1.54, 1.807) is 6.21 Å². The summed E-state index contributed by atoms with van der Waals surface area (Å²) in [5.41, 5.74) is 0.0324. The number of nitrogens with zero attached hydrogens (tertiary/aromatic N) is 4. The van der Waals surface area contributed by atoms with Crippen LogP contribution in [0.1, 0.15) is 56.7 Å². The number of amides is 1. The van der Waals surface area contributed by atoms with Gasteiger partial charge in [-0.05, 0) is 31.0 Å². The van der Waals surface area contributed by atoms with Crippen LogP contribution in [0.15, 0.2) is 17.3 Å². The Morgan fingerprint density at radius 2 is 2.28 bits per heavy atom. The first kappa shape index (κ1) is 18.6. The Balaban J connectivity index is 1.27. The third-order valence-electron chi connectivity index (χ3n) is 6.62. The van der Waals surface area contributed by atoms with Crippen molar-refractivity contribution in [3.8, 4) is 0 Å². The van der Waals surface area contributed by atoms with Crippen LogP contribution in [-0.2, 0) is 9.47 Å². The molecule has 0 radical (unpaired) electrons. The van der Waals surface area contributed by atoms with Crippen LogP contribution in [0.4, 0.5) is 4.79 Å². The van der Waals surface area contributed by atoms with Gasteiger partial charge in [-0.1, -0.05) is 20.3 Å². The standard InChI is InChI=1S/C20H28N6O3/c1-3-12-6-13(29-19(27)23-9-20(2)10-28-11-20)7-14(12)18-25-24-16-8-22-17-15(26(16)18)4-5-21-17/h4-5,8,12-15,17,21H,3,6-7,9-11H2,1-2H3,(H,23,27)/t12-,13+,14+,15?,17?/m1/s1. The molecule has 0 spiro atoms. The summed E-state index contributed by atoms with van der Waals surface area (Å²) in [4.78, 5) is 16.8. The molecule has 156 valence electrons. The summed E-state index contributed by atoms with van der Waals surface area (Å²) in [6.07, 6.45) is 8.06. The van der Waals surface area contributed by atoms with Gasteiger partial charge >= 0.3 is 6.09 Å². The van der Waals surface area contributed by atoms with Gasteiger partial charge in [-0.15, -0.1) is 10.2 Å². The van der Waals surface area contributed by atoms with Gasteiger partial charge in [0.05, 0.1) is 25.5 Å². The van der Waals surface area contributed by atoms with Crippen molar-refractivity contribution in [2.24, 2.45) is 16.3 Å². The van der Waals surface area contributed by atoms with Crippen molar-refractivity contribution in [2.45, 2.75) is 57.3 Å². The van der Waals surface area contributed by atoms with Crippen molar-refractivity contribution in [3.05, 3.63) is 23.9 Å². The number of alkyl carbamates (subject to hydrolysis) is 1. The Hall–Kier alpha value is -2.42. The zero-order chi connectivity index (χ0) is 20.0. The molecule has 4 heterocycles. The summed E-state index contributed by atoms with van der Waals surface area (Å²) in [7, 11) is 0. The van der Waals surface area contributed by atoms with Gasteiger partial charge < -0.3 is 20.1 Å². The van der Waals surface area contributed by atoms with E-state index >= 15 is 0 Å².